The zero-order valence-corrected chi connectivity index (χ0v) is 13.1. The van der Waals surface area contributed by atoms with E-state index in [1.54, 1.807) is 43.5 Å². The molecule has 0 radical (unpaired) electrons. The van der Waals surface area contributed by atoms with E-state index in [1.165, 1.54) is 0 Å². The Hall–Kier alpha value is -2.40. The van der Waals surface area contributed by atoms with Crippen LogP contribution in [0.1, 0.15) is 5.56 Å². The van der Waals surface area contributed by atoms with Gasteiger partial charge in [0.05, 0.1) is 18.5 Å². The molecule has 0 heterocycles. The van der Waals surface area contributed by atoms with Gasteiger partial charge in [-0.15, -0.1) is 0 Å². The molecule has 0 aliphatic rings. The van der Waals surface area contributed by atoms with Crippen molar-refractivity contribution in [2.45, 2.75) is 6.92 Å². The highest BCUT2D eigenvalue weighted by atomic mass is 35.5. The SMILES string of the molecule is COc1ccc(NC(=O)COc2ccc(Cl)cc2C)c(N)c1. The molecule has 6 heteroatoms. The van der Waals surface area contributed by atoms with Crippen LogP contribution in [0.2, 0.25) is 5.02 Å². The van der Waals surface area contributed by atoms with Crippen LogP contribution in [0, 0.1) is 6.92 Å². The number of aryl methyl sites for hydroxylation is 1. The first-order valence-electron chi connectivity index (χ1n) is 6.62. The predicted octanol–water partition coefficient (Wildman–Crippen LogP) is 3.26. The molecule has 0 atom stereocenters. The average Bonchev–Trinajstić information content (AvgIpc) is 2.48. The average molecular weight is 321 g/mol. The molecule has 0 fully saturated rings. The van der Waals surface area contributed by atoms with E-state index in [2.05, 4.69) is 5.32 Å². The number of hydrogen-bond acceptors (Lipinski definition) is 4. The first-order chi connectivity index (χ1) is 10.5. The molecule has 0 aromatic heterocycles. The smallest absolute Gasteiger partial charge is 0.262 e. The minimum Gasteiger partial charge on any atom is -0.497 e. The maximum atomic E-state index is 11.9. The fourth-order valence-electron chi connectivity index (χ4n) is 1.89. The van der Waals surface area contributed by atoms with E-state index in [4.69, 9.17) is 26.8 Å². The number of benzene rings is 2. The lowest BCUT2D eigenvalue weighted by atomic mass is 10.2. The molecule has 5 nitrogen and oxygen atoms in total. The van der Waals surface area contributed by atoms with Gasteiger partial charge < -0.3 is 20.5 Å². The highest BCUT2D eigenvalue weighted by Crippen LogP contribution is 2.24. The third kappa shape index (κ3) is 4.05. The summed E-state index contributed by atoms with van der Waals surface area (Å²) in [4.78, 5) is 11.9. The maximum Gasteiger partial charge on any atom is 0.262 e. The number of ether oxygens (including phenoxy) is 2. The van der Waals surface area contributed by atoms with Gasteiger partial charge in [0.25, 0.3) is 5.91 Å². The van der Waals surface area contributed by atoms with E-state index in [1.807, 2.05) is 6.92 Å². The number of nitrogens with two attached hydrogens (primary N) is 1. The number of amides is 1. The van der Waals surface area contributed by atoms with Crippen molar-refractivity contribution in [1.82, 2.24) is 0 Å². The van der Waals surface area contributed by atoms with Crippen LogP contribution in [0.15, 0.2) is 36.4 Å². The van der Waals surface area contributed by atoms with Crippen molar-refractivity contribution in [3.63, 3.8) is 0 Å². The van der Waals surface area contributed by atoms with Gasteiger partial charge in [0.1, 0.15) is 11.5 Å². The monoisotopic (exact) mass is 320 g/mol. The Balaban J connectivity index is 1.95. The Morgan fingerprint density at radius 1 is 1.27 bits per heavy atom. The van der Waals surface area contributed by atoms with Crippen molar-refractivity contribution in [2.24, 2.45) is 0 Å². The first-order valence-corrected chi connectivity index (χ1v) is 6.99. The molecule has 2 rings (SSSR count). The van der Waals surface area contributed by atoms with Gasteiger partial charge in [-0.3, -0.25) is 4.79 Å². The number of nitrogen functional groups attached to an aromatic ring is 1. The van der Waals surface area contributed by atoms with Crippen LogP contribution in [0.3, 0.4) is 0 Å². The van der Waals surface area contributed by atoms with Gasteiger partial charge in [0.2, 0.25) is 0 Å². The highest BCUT2D eigenvalue weighted by molar-refractivity contribution is 6.30. The number of rotatable bonds is 5. The molecule has 22 heavy (non-hydrogen) atoms. The molecule has 116 valence electrons. The summed E-state index contributed by atoms with van der Waals surface area (Å²) in [6.07, 6.45) is 0. The number of nitrogens with one attached hydrogen (secondary N) is 1. The Labute approximate surface area is 134 Å². The van der Waals surface area contributed by atoms with Gasteiger partial charge in [-0.2, -0.15) is 0 Å². The van der Waals surface area contributed by atoms with Crippen LogP contribution in [-0.2, 0) is 4.79 Å². The van der Waals surface area contributed by atoms with Crippen LogP contribution < -0.4 is 20.5 Å². The van der Waals surface area contributed by atoms with E-state index in [-0.39, 0.29) is 12.5 Å². The van der Waals surface area contributed by atoms with Crippen molar-refractivity contribution in [3.8, 4) is 11.5 Å². The molecule has 0 spiro atoms. The second-order valence-corrected chi connectivity index (χ2v) is 5.14. The molecular weight excluding hydrogens is 304 g/mol. The summed E-state index contributed by atoms with van der Waals surface area (Å²) in [6, 6.07) is 10.3. The van der Waals surface area contributed by atoms with Crippen molar-refractivity contribution in [2.75, 3.05) is 24.8 Å². The molecule has 0 aliphatic carbocycles. The standard InChI is InChI=1S/C16H17ClN2O3/c1-10-7-11(17)3-6-15(10)22-9-16(20)19-14-5-4-12(21-2)8-13(14)18/h3-8H,9,18H2,1-2H3,(H,19,20). The minimum absolute atomic E-state index is 0.117. The molecule has 2 aromatic rings. The van der Waals surface area contributed by atoms with E-state index >= 15 is 0 Å². The second kappa shape index (κ2) is 7.04. The molecule has 2 aromatic carbocycles. The lowest BCUT2D eigenvalue weighted by Crippen LogP contribution is -2.21. The zero-order chi connectivity index (χ0) is 16.1. The van der Waals surface area contributed by atoms with E-state index < -0.39 is 0 Å². The molecule has 0 saturated carbocycles. The lowest BCUT2D eigenvalue weighted by Gasteiger charge is -2.11. The summed E-state index contributed by atoms with van der Waals surface area (Å²) in [5.74, 6) is 0.942. The minimum atomic E-state index is -0.300. The van der Waals surface area contributed by atoms with Gasteiger partial charge in [-0.05, 0) is 42.8 Å². The fourth-order valence-corrected chi connectivity index (χ4v) is 2.11. The predicted molar refractivity (Wildman–Crippen MR) is 87.7 cm³/mol. The number of carbonyl (C=O) groups is 1. The summed E-state index contributed by atoms with van der Waals surface area (Å²) in [5.41, 5.74) is 7.65. The largest absolute Gasteiger partial charge is 0.497 e. The summed E-state index contributed by atoms with van der Waals surface area (Å²) in [5, 5.41) is 3.32. The van der Waals surface area contributed by atoms with Crippen LogP contribution in [0.5, 0.6) is 11.5 Å². The molecule has 0 aliphatic heterocycles. The normalized spacial score (nSPS) is 10.1. The van der Waals surface area contributed by atoms with Crippen molar-refractivity contribution >= 4 is 28.9 Å². The van der Waals surface area contributed by atoms with Crippen molar-refractivity contribution < 1.29 is 14.3 Å². The quantitative estimate of drug-likeness (QED) is 0.829. The highest BCUT2D eigenvalue weighted by Gasteiger charge is 2.08. The Kier molecular flexibility index (Phi) is 5.12. The number of halogens is 1. The maximum absolute atomic E-state index is 11.9. The number of hydrogen-bond donors (Lipinski definition) is 2. The number of carbonyl (C=O) groups excluding carboxylic acids is 1. The summed E-state index contributed by atoms with van der Waals surface area (Å²) in [6.45, 7) is 1.74. The molecular formula is C16H17ClN2O3. The molecule has 0 saturated heterocycles. The van der Waals surface area contributed by atoms with Crippen molar-refractivity contribution in [3.05, 3.63) is 47.0 Å². The van der Waals surface area contributed by atoms with Crippen LogP contribution in [0.4, 0.5) is 11.4 Å². The number of methoxy groups -OCH3 is 1. The van der Waals surface area contributed by atoms with E-state index in [0.717, 1.165) is 5.56 Å². The Morgan fingerprint density at radius 2 is 2.05 bits per heavy atom. The molecule has 0 bridgehead atoms. The second-order valence-electron chi connectivity index (χ2n) is 4.70. The third-order valence-corrected chi connectivity index (χ3v) is 3.26. The van der Waals surface area contributed by atoms with Crippen LogP contribution in [0.25, 0.3) is 0 Å². The van der Waals surface area contributed by atoms with E-state index in [0.29, 0.717) is 27.9 Å². The van der Waals surface area contributed by atoms with Gasteiger partial charge in [-0.1, -0.05) is 11.6 Å². The summed E-state index contributed by atoms with van der Waals surface area (Å²) < 4.78 is 10.5. The van der Waals surface area contributed by atoms with Gasteiger partial charge in [0.15, 0.2) is 6.61 Å². The van der Waals surface area contributed by atoms with Crippen LogP contribution >= 0.6 is 11.6 Å². The molecule has 1 amide bonds. The van der Waals surface area contributed by atoms with Crippen LogP contribution in [-0.4, -0.2) is 19.6 Å². The van der Waals surface area contributed by atoms with Gasteiger partial charge >= 0.3 is 0 Å². The van der Waals surface area contributed by atoms with Gasteiger partial charge in [0, 0.05) is 11.1 Å². The number of anilines is 2. The lowest BCUT2D eigenvalue weighted by molar-refractivity contribution is -0.118. The summed E-state index contributed by atoms with van der Waals surface area (Å²) >= 11 is 5.87. The molecule has 3 N–H and O–H groups in total. The third-order valence-electron chi connectivity index (χ3n) is 3.03. The summed E-state index contributed by atoms with van der Waals surface area (Å²) in [7, 11) is 1.55. The van der Waals surface area contributed by atoms with E-state index in [9.17, 15) is 4.79 Å². The zero-order valence-electron chi connectivity index (χ0n) is 12.4. The Bertz CT molecular complexity index is 689. The molecule has 0 unspecified atom stereocenters. The van der Waals surface area contributed by atoms with Gasteiger partial charge in [-0.25, -0.2) is 0 Å². The fraction of sp³-hybridized carbons (Fsp3) is 0.188. The first kappa shape index (κ1) is 16.0. The van der Waals surface area contributed by atoms with Crippen molar-refractivity contribution in [1.29, 1.82) is 0 Å². The topological polar surface area (TPSA) is 73.6 Å². The Morgan fingerprint density at radius 3 is 2.68 bits per heavy atom.